The molecule has 1 aromatic heterocycles. The zero-order chi connectivity index (χ0) is 12.3. The molecule has 0 aliphatic carbocycles. The first-order chi connectivity index (χ1) is 8.08. The Morgan fingerprint density at radius 2 is 2.39 bits per heavy atom. The van der Waals surface area contributed by atoms with Crippen LogP contribution >= 0.6 is 12.4 Å². The van der Waals surface area contributed by atoms with Crippen molar-refractivity contribution in [1.29, 1.82) is 0 Å². The highest BCUT2D eigenvalue weighted by Gasteiger charge is 2.18. The Bertz CT molecular complexity index is 468. The summed E-state index contributed by atoms with van der Waals surface area (Å²) < 4.78 is 27.8. The number of nitrogens with zero attached hydrogens (tertiary/aromatic N) is 2. The summed E-state index contributed by atoms with van der Waals surface area (Å²) in [6.45, 7) is 2.53. The second-order valence-electron chi connectivity index (χ2n) is 4.39. The van der Waals surface area contributed by atoms with Gasteiger partial charge in [0.1, 0.15) is 4.90 Å². The zero-order valence-electron chi connectivity index (χ0n) is 10.3. The van der Waals surface area contributed by atoms with Gasteiger partial charge in [-0.3, -0.25) is 4.68 Å². The van der Waals surface area contributed by atoms with Gasteiger partial charge in [0.25, 0.3) is 0 Å². The van der Waals surface area contributed by atoms with Crippen LogP contribution in [-0.4, -0.2) is 37.8 Å². The molecule has 2 rings (SSSR count). The predicted molar refractivity (Wildman–Crippen MR) is 71.2 cm³/mol. The summed E-state index contributed by atoms with van der Waals surface area (Å²) in [6, 6.07) is 0. The molecule has 1 aromatic rings. The molecular formula is C10H19ClN4O2S. The second kappa shape index (κ2) is 6.51. The van der Waals surface area contributed by atoms with Crippen LogP contribution in [0.2, 0.25) is 0 Å². The monoisotopic (exact) mass is 294 g/mol. The van der Waals surface area contributed by atoms with E-state index < -0.39 is 10.0 Å². The third-order valence-corrected chi connectivity index (χ3v) is 4.41. The molecule has 1 aliphatic heterocycles. The highest BCUT2D eigenvalue weighted by molar-refractivity contribution is 7.89. The van der Waals surface area contributed by atoms with Crippen molar-refractivity contribution in [3.63, 3.8) is 0 Å². The van der Waals surface area contributed by atoms with Crippen LogP contribution in [0, 0.1) is 5.92 Å². The Hall–Kier alpha value is -0.630. The largest absolute Gasteiger partial charge is 0.316 e. The molecule has 1 fully saturated rings. The molecule has 1 atom stereocenters. The van der Waals surface area contributed by atoms with Crippen molar-refractivity contribution in [3.05, 3.63) is 12.4 Å². The minimum Gasteiger partial charge on any atom is -0.316 e. The van der Waals surface area contributed by atoms with Crippen LogP contribution in [0.4, 0.5) is 0 Å². The van der Waals surface area contributed by atoms with E-state index in [1.807, 2.05) is 0 Å². The Balaban J connectivity index is 0.00000162. The van der Waals surface area contributed by atoms with Crippen molar-refractivity contribution in [2.24, 2.45) is 13.0 Å². The summed E-state index contributed by atoms with van der Waals surface area (Å²) in [5.74, 6) is 0.589. The molecule has 18 heavy (non-hydrogen) atoms. The topological polar surface area (TPSA) is 76.0 Å². The third-order valence-electron chi connectivity index (χ3n) is 3.00. The van der Waals surface area contributed by atoms with E-state index in [1.165, 1.54) is 17.1 Å². The van der Waals surface area contributed by atoms with E-state index in [4.69, 9.17) is 0 Å². The van der Waals surface area contributed by atoms with Gasteiger partial charge in [0, 0.05) is 19.8 Å². The van der Waals surface area contributed by atoms with E-state index in [0.29, 0.717) is 12.5 Å². The fraction of sp³-hybridized carbons (Fsp3) is 0.700. The van der Waals surface area contributed by atoms with Gasteiger partial charge in [-0.05, 0) is 31.8 Å². The smallest absolute Gasteiger partial charge is 0.243 e. The molecule has 104 valence electrons. The Morgan fingerprint density at radius 1 is 1.61 bits per heavy atom. The molecule has 0 aromatic carbocycles. The Morgan fingerprint density at radius 3 is 2.94 bits per heavy atom. The summed E-state index contributed by atoms with van der Waals surface area (Å²) in [7, 11) is -1.69. The Labute approximate surface area is 114 Å². The third kappa shape index (κ3) is 3.94. The van der Waals surface area contributed by atoms with Crippen LogP contribution in [-0.2, 0) is 17.1 Å². The molecule has 0 bridgehead atoms. The van der Waals surface area contributed by atoms with E-state index in [9.17, 15) is 8.42 Å². The lowest BCUT2D eigenvalue weighted by Crippen LogP contribution is -2.26. The van der Waals surface area contributed by atoms with Crippen LogP contribution in [0.1, 0.15) is 12.8 Å². The predicted octanol–water partition coefficient (Wildman–Crippen LogP) is 0.120. The van der Waals surface area contributed by atoms with Crippen molar-refractivity contribution in [1.82, 2.24) is 19.8 Å². The molecule has 1 saturated heterocycles. The van der Waals surface area contributed by atoms with Crippen molar-refractivity contribution in [2.45, 2.75) is 17.7 Å². The van der Waals surface area contributed by atoms with Crippen LogP contribution in [0.5, 0.6) is 0 Å². The standard InChI is InChI=1S/C10H18N4O2S.ClH/c1-14-8-10(7-12-14)17(15,16)13-5-3-9-2-4-11-6-9;/h7-9,11,13H,2-6H2,1H3;1H. The summed E-state index contributed by atoms with van der Waals surface area (Å²) in [6.07, 6.45) is 4.88. The van der Waals surface area contributed by atoms with Crippen LogP contribution in [0.3, 0.4) is 0 Å². The number of halogens is 1. The van der Waals surface area contributed by atoms with Gasteiger partial charge in [-0.1, -0.05) is 0 Å². The van der Waals surface area contributed by atoms with Gasteiger partial charge in [0.15, 0.2) is 0 Å². The van der Waals surface area contributed by atoms with E-state index in [2.05, 4.69) is 15.1 Å². The minimum atomic E-state index is -3.38. The minimum absolute atomic E-state index is 0. The summed E-state index contributed by atoms with van der Waals surface area (Å²) in [5.41, 5.74) is 0. The van der Waals surface area contributed by atoms with Crippen molar-refractivity contribution in [2.75, 3.05) is 19.6 Å². The van der Waals surface area contributed by atoms with Gasteiger partial charge in [-0.15, -0.1) is 12.4 Å². The van der Waals surface area contributed by atoms with E-state index >= 15 is 0 Å². The normalized spacial score (nSPS) is 19.7. The molecular weight excluding hydrogens is 276 g/mol. The summed E-state index contributed by atoms with van der Waals surface area (Å²) in [5, 5.41) is 7.12. The highest BCUT2D eigenvalue weighted by atomic mass is 35.5. The van der Waals surface area contributed by atoms with E-state index in [-0.39, 0.29) is 17.3 Å². The van der Waals surface area contributed by atoms with Gasteiger partial charge in [-0.25, -0.2) is 13.1 Å². The van der Waals surface area contributed by atoms with E-state index in [1.54, 1.807) is 7.05 Å². The average Bonchev–Trinajstić information content (AvgIpc) is 2.89. The second-order valence-corrected chi connectivity index (χ2v) is 6.16. The first-order valence-electron chi connectivity index (χ1n) is 5.77. The molecule has 0 radical (unpaired) electrons. The van der Waals surface area contributed by atoms with Crippen molar-refractivity contribution >= 4 is 22.4 Å². The molecule has 0 spiro atoms. The van der Waals surface area contributed by atoms with Gasteiger partial charge in [0.2, 0.25) is 10.0 Å². The van der Waals surface area contributed by atoms with Gasteiger partial charge in [0.05, 0.1) is 6.20 Å². The number of aromatic nitrogens is 2. The first-order valence-corrected chi connectivity index (χ1v) is 7.25. The van der Waals surface area contributed by atoms with Crippen LogP contribution < -0.4 is 10.0 Å². The molecule has 0 amide bonds. The quantitative estimate of drug-likeness (QED) is 0.809. The molecule has 2 heterocycles. The number of hydrogen-bond acceptors (Lipinski definition) is 4. The maximum Gasteiger partial charge on any atom is 0.243 e. The van der Waals surface area contributed by atoms with Gasteiger partial charge in [-0.2, -0.15) is 5.10 Å². The molecule has 1 aliphatic rings. The number of sulfonamides is 1. The molecule has 0 saturated carbocycles. The maximum absolute atomic E-state index is 11.8. The lowest BCUT2D eigenvalue weighted by Gasteiger charge is -2.08. The van der Waals surface area contributed by atoms with Crippen LogP contribution in [0.25, 0.3) is 0 Å². The first kappa shape index (κ1) is 15.4. The number of nitrogens with one attached hydrogen (secondary N) is 2. The number of hydrogen-bond donors (Lipinski definition) is 2. The Kier molecular flexibility index (Phi) is 5.58. The van der Waals surface area contributed by atoms with Gasteiger partial charge < -0.3 is 5.32 Å². The lowest BCUT2D eigenvalue weighted by atomic mass is 10.1. The van der Waals surface area contributed by atoms with E-state index in [0.717, 1.165) is 25.9 Å². The average molecular weight is 295 g/mol. The summed E-state index contributed by atoms with van der Waals surface area (Å²) >= 11 is 0. The van der Waals surface area contributed by atoms with Crippen molar-refractivity contribution in [3.8, 4) is 0 Å². The molecule has 8 heteroatoms. The SMILES string of the molecule is Cl.Cn1cc(S(=O)(=O)NCCC2CCNC2)cn1. The molecule has 6 nitrogen and oxygen atoms in total. The van der Waals surface area contributed by atoms with Crippen LogP contribution in [0.15, 0.2) is 17.3 Å². The fourth-order valence-corrected chi connectivity index (χ4v) is 3.01. The van der Waals surface area contributed by atoms with Crippen molar-refractivity contribution < 1.29 is 8.42 Å². The number of rotatable bonds is 5. The lowest BCUT2D eigenvalue weighted by molar-refractivity contribution is 0.519. The fourth-order valence-electron chi connectivity index (χ4n) is 1.98. The number of aryl methyl sites for hydroxylation is 1. The molecule has 2 N–H and O–H groups in total. The summed E-state index contributed by atoms with van der Waals surface area (Å²) in [4.78, 5) is 0.226. The molecule has 1 unspecified atom stereocenters. The van der Waals surface area contributed by atoms with Gasteiger partial charge >= 0.3 is 0 Å². The zero-order valence-corrected chi connectivity index (χ0v) is 11.9. The highest BCUT2D eigenvalue weighted by Crippen LogP contribution is 2.12. The maximum atomic E-state index is 11.8.